The van der Waals surface area contributed by atoms with Crippen molar-refractivity contribution >= 4 is 69.4 Å². The number of rotatable bonds is 3. The highest BCUT2D eigenvalue weighted by Gasteiger charge is 2.26. The fourth-order valence-electron chi connectivity index (χ4n) is 2.11. The summed E-state index contributed by atoms with van der Waals surface area (Å²) in [5.74, 6) is 0.169. The average molecular weight is 557 g/mol. The van der Waals surface area contributed by atoms with E-state index in [4.69, 9.17) is 0 Å². The molecule has 0 atom stereocenters. The SMILES string of the molecule is CC(C)(c1cc(Br)c(O)c(Br)c1)c1cc(Br)c(N=O)c(Br)c1. The van der Waals surface area contributed by atoms with E-state index in [9.17, 15) is 10.0 Å². The quantitative estimate of drug-likeness (QED) is 0.408. The topological polar surface area (TPSA) is 49.7 Å². The third-order valence-electron chi connectivity index (χ3n) is 3.57. The first-order valence-corrected chi connectivity index (χ1v) is 9.37. The molecule has 2 aromatic carbocycles. The monoisotopic (exact) mass is 553 g/mol. The molecule has 2 aromatic rings. The second-order valence-electron chi connectivity index (χ2n) is 5.29. The summed E-state index contributed by atoms with van der Waals surface area (Å²) >= 11 is 13.5. The number of nitrogens with zero attached hydrogens (tertiary/aromatic N) is 1. The highest BCUT2D eigenvalue weighted by atomic mass is 79.9. The van der Waals surface area contributed by atoms with Crippen LogP contribution >= 0.6 is 63.7 Å². The van der Waals surface area contributed by atoms with Gasteiger partial charge in [-0.15, -0.1) is 4.91 Å². The molecule has 0 unspecified atom stereocenters. The molecule has 116 valence electrons. The summed E-state index contributed by atoms with van der Waals surface area (Å²) in [6.07, 6.45) is 0. The van der Waals surface area contributed by atoms with E-state index >= 15 is 0 Å². The highest BCUT2D eigenvalue weighted by Crippen LogP contribution is 2.43. The van der Waals surface area contributed by atoms with Crippen LogP contribution < -0.4 is 0 Å². The third-order valence-corrected chi connectivity index (χ3v) is 5.99. The van der Waals surface area contributed by atoms with Crippen LogP contribution in [-0.4, -0.2) is 5.11 Å². The fourth-order valence-corrected chi connectivity index (χ4v) is 4.62. The lowest BCUT2D eigenvalue weighted by atomic mass is 9.78. The van der Waals surface area contributed by atoms with E-state index in [0.717, 1.165) is 11.1 Å². The number of phenols is 1. The van der Waals surface area contributed by atoms with E-state index < -0.39 is 0 Å². The van der Waals surface area contributed by atoms with Crippen molar-refractivity contribution in [1.82, 2.24) is 0 Å². The summed E-state index contributed by atoms with van der Waals surface area (Å²) in [5.41, 5.74) is 2.01. The van der Waals surface area contributed by atoms with Crippen molar-refractivity contribution in [2.24, 2.45) is 5.18 Å². The standard InChI is InChI=1S/C15H11Br4NO2/c1-15(2,8-5-11(18)14(21)12(19)6-8)7-3-9(16)13(20-22)10(17)4-7/h3-6,21H,1-2H3. The number of halogens is 4. The molecule has 0 radical (unpaired) electrons. The number of nitroso groups, excluding NO2 is 1. The summed E-state index contributed by atoms with van der Waals surface area (Å²) < 4.78 is 2.51. The second-order valence-corrected chi connectivity index (χ2v) is 8.71. The predicted octanol–water partition coefficient (Wildman–Crippen LogP) is 7.17. The number of benzene rings is 2. The molecule has 22 heavy (non-hydrogen) atoms. The first-order chi connectivity index (χ1) is 10.2. The van der Waals surface area contributed by atoms with Gasteiger partial charge in [0.05, 0.1) is 8.95 Å². The molecule has 0 amide bonds. The lowest BCUT2D eigenvalue weighted by molar-refractivity contribution is 0.467. The van der Waals surface area contributed by atoms with Gasteiger partial charge < -0.3 is 5.11 Å². The van der Waals surface area contributed by atoms with Gasteiger partial charge in [0.1, 0.15) is 11.4 Å². The van der Waals surface area contributed by atoms with Crippen LogP contribution in [0.15, 0.2) is 47.3 Å². The molecular weight excluding hydrogens is 546 g/mol. The Morgan fingerprint density at radius 1 is 0.864 bits per heavy atom. The number of phenolic OH excluding ortho intramolecular Hbond substituents is 1. The van der Waals surface area contributed by atoms with E-state index in [1.165, 1.54) is 0 Å². The highest BCUT2D eigenvalue weighted by molar-refractivity contribution is 9.11. The van der Waals surface area contributed by atoms with Crippen molar-refractivity contribution in [3.05, 3.63) is 58.2 Å². The molecule has 0 aromatic heterocycles. The molecule has 0 heterocycles. The lowest BCUT2D eigenvalue weighted by Crippen LogP contribution is -2.19. The van der Waals surface area contributed by atoms with Crippen molar-refractivity contribution in [1.29, 1.82) is 0 Å². The number of hydrogen-bond acceptors (Lipinski definition) is 3. The summed E-state index contributed by atoms with van der Waals surface area (Å²) in [4.78, 5) is 10.9. The average Bonchev–Trinajstić information content (AvgIpc) is 2.43. The van der Waals surface area contributed by atoms with Crippen LogP contribution in [0.3, 0.4) is 0 Å². The van der Waals surface area contributed by atoms with Gasteiger partial charge >= 0.3 is 0 Å². The van der Waals surface area contributed by atoms with E-state index in [-0.39, 0.29) is 11.2 Å². The maximum absolute atomic E-state index is 10.9. The summed E-state index contributed by atoms with van der Waals surface area (Å²) in [7, 11) is 0. The summed E-state index contributed by atoms with van der Waals surface area (Å²) in [5, 5.41) is 12.9. The molecule has 1 N–H and O–H groups in total. The van der Waals surface area contributed by atoms with Crippen LogP contribution in [0.2, 0.25) is 0 Å². The first kappa shape index (κ1) is 18.1. The van der Waals surface area contributed by atoms with Crippen LogP contribution in [0, 0.1) is 4.91 Å². The zero-order valence-electron chi connectivity index (χ0n) is 11.6. The molecule has 3 nitrogen and oxygen atoms in total. The molecule has 0 bridgehead atoms. The molecule has 0 saturated heterocycles. The zero-order valence-corrected chi connectivity index (χ0v) is 18.0. The number of aromatic hydroxyl groups is 1. The Morgan fingerprint density at radius 2 is 1.23 bits per heavy atom. The number of hydrogen-bond donors (Lipinski definition) is 1. The van der Waals surface area contributed by atoms with Gasteiger partial charge in [-0.1, -0.05) is 13.8 Å². The van der Waals surface area contributed by atoms with E-state index in [0.29, 0.717) is 23.6 Å². The van der Waals surface area contributed by atoms with E-state index in [1.54, 1.807) is 0 Å². The van der Waals surface area contributed by atoms with Gasteiger partial charge in [0, 0.05) is 14.4 Å². The lowest BCUT2D eigenvalue weighted by Gasteiger charge is -2.27. The van der Waals surface area contributed by atoms with Gasteiger partial charge in [-0.3, -0.25) is 0 Å². The zero-order chi connectivity index (χ0) is 16.7. The van der Waals surface area contributed by atoms with Gasteiger partial charge in [0.15, 0.2) is 0 Å². The van der Waals surface area contributed by atoms with Gasteiger partial charge in [-0.05, 0) is 104 Å². The van der Waals surface area contributed by atoms with Crippen molar-refractivity contribution in [2.45, 2.75) is 19.3 Å². The maximum Gasteiger partial charge on any atom is 0.143 e. The molecule has 2 rings (SSSR count). The maximum atomic E-state index is 10.9. The Balaban J connectivity index is 2.62. The Labute approximate surface area is 162 Å². The van der Waals surface area contributed by atoms with Crippen LogP contribution in [0.25, 0.3) is 0 Å². The molecule has 0 aliphatic rings. The minimum Gasteiger partial charge on any atom is -0.506 e. The molecular formula is C15H11Br4NO2. The molecule has 7 heteroatoms. The fraction of sp³-hybridized carbons (Fsp3) is 0.200. The Bertz CT molecular complexity index is 713. The van der Waals surface area contributed by atoms with Crippen molar-refractivity contribution < 1.29 is 5.11 Å². The normalized spacial score (nSPS) is 11.5. The summed E-state index contributed by atoms with van der Waals surface area (Å²) in [6, 6.07) is 7.54. The second kappa shape index (κ2) is 6.71. The molecule has 0 aliphatic heterocycles. The van der Waals surface area contributed by atoms with Gasteiger partial charge in [0.25, 0.3) is 0 Å². The molecule has 0 saturated carbocycles. The van der Waals surface area contributed by atoms with Crippen LogP contribution in [0.1, 0.15) is 25.0 Å². The largest absolute Gasteiger partial charge is 0.506 e. The Hall–Kier alpha value is -0.240. The van der Waals surface area contributed by atoms with Crippen molar-refractivity contribution in [3.8, 4) is 5.75 Å². The van der Waals surface area contributed by atoms with E-state index in [2.05, 4.69) is 82.7 Å². The van der Waals surface area contributed by atoms with Gasteiger partial charge in [-0.25, -0.2) is 0 Å². The van der Waals surface area contributed by atoms with Crippen LogP contribution in [-0.2, 0) is 5.41 Å². The molecule has 0 aliphatic carbocycles. The third kappa shape index (κ3) is 3.32. The van der Waals surface area contributed by atoms with E-state index in [1.807, 2.05) is 24.3 Å². The van der Waals surface area contributed by atoms with Gasteiger partial charge in [0.2, 0.25) is 0 Å². The predicted molar refractivity (Wildman–Crippen MR) is 103 cm³/mol. The van der Waals surface area contributed by atoms with Crippen molar-refractivity contribution in [2.75, 3.05) is 0 Å². The first-order valence-electron chi connectivity index (χ1n) is 6.20. The minimum atomic E-state index is -0.342. The Morgan fingerprint density at radius 3 is 1.59 bits per heavy atom. The minimum absolute atomic E-state index is 0.169. The van der Waals surface area contributed by atoms with Crippen molar-refractivity contribution in [3.63, 3.8) is 0 Å². The molecule has 0 spiro atoms. The smallest absolute Gasteiger partial charge is 0.143 e. The van der Waals surface area contributed by atoms with Gasteiger partial charge in [-0.2, -0.15) is 0 Å². The summed E-state index contributed by atoms with van der Waals surface area (Å²) in [6.45, 7) is 4.14. The Kier molecular flexibility index (Phi) is 5.52. The molecule has 0 fully saturated rings. The van der Waals surface area contributed by atoms with Crippen LogP contribution in [0.5, 0.6) is 5.75 Å². The van der Waals surface area contributed by atoms with Crippen LogP contribution in [0.4, 0.5) is 5.69 Å².